The van der Waals surface area contributed by atoms with Gasteiger partial charge in [-0.3, -0.25) is 4.99 Å². The van der Waals surface area contributed by atoms with Crippen molar-refractivity contribution in [2.24, 2.45) is 10.7 Å². The SMILES string of the molecule is CCOC(=O)COc1ncccc1Oc1cc(/C(N)=C(\Cl)C(=NC)OC(F)F)c(F)cc1Cl. The summed E-state index contributed by atoms with van der Waals surface area (Å²) in [7, 11) is 1.14. The van der Waals surface area contributed by atoms with Crippen LogP contribution in [-0.4, -0.2) is 43.7 Å². The average molecular weight is 508 g/mol. The molecule has 0 unspecified atom stereocenters. The molecule has 0 bridgehead atoms. The van der Waals surface area contributed by atoms with Crippen LogP contribution in [0.1, 0.15) is 12.5 Å². The molecular formula is C20H18Cl2F3N3O5. The Morgan fingerprint density at radius 3 is 2.67 bits per heavy atom. The summed E-state index contributed by atoms with van der Waals surface area (Å²) < 4.78 is 59.6. The van der Waals surface area contributed by atoms with Crippen LogP contribution in [0.3, 0.4) is 0 Å². The summed E-state index contributed by atoms with van der Waals surface area (Å²) in [5.41, 5.74) is 5.08. The molecule has 13 heteroatoms. The molecule has 0 aliphatic heterocycles. The lowest BCUT2D eigenvalue weighted by atomic mass is 10.1. The number of rotatable bonds is 9. The van der Waals surface area contributed by atoms with Crippen LogP contribution in [0.4, 0.5) is 13.2 Å². The summed E-state index contributed by atoms with van der Waals surface area (Å²) in [6.07, 6.45) is 1.39. The third kappa shape index (κ3) is 7.16. The molecule has 0 aliphatic rings. The van der Waals surface area contributed by atoms with Crippen molar-refractivity contribution in [1.82, 2.24) is 4.98 Å². The van der Waals surface area contributed by atoms with E-state index >= 15 is 0 Å². The number of aromatic nitrogens is 1. The molecule has 0 saturated heterocycles. The highest BCUT2D eigenvalue weighted by molar-refractivity contribution is 6.45. The van der Waals surface area contributed by atoms with E-state index in [0.717, 1.165) is 19.2 Å². The molecule has 2 N–H and O–H groups in total. The van der Waals surface area contributed by atoms with Crippen molar-refractivity contribution in [1.29, 1.82) is 0 Å². The number of ether oxygens (including phenoxy) is 4. The number of aliphatic imine (C=N–C) groups is 1. The van der Waals surface area contributed by atoms with Crippen LogP contribution >= 0.6 is 23.2 Å². The number of hydrogen-bond donors (Lipinski definition) is 1. The molecule has 8 nitrogen and oxygen atoms in total. The van der Waals surface area contributed by atoms with Crippen molar-refractivity contribution in [2.75, 3.05) is 20.3 Å². The molecule has 0 aliphatic carbocycles. The second-order valence-corrected chi connectivity index (χ2v) is 6.69. The van der Waals surface area contributed by atoms with Crippen molar-refractivity contribution in [3.05, 3.63) is 51.9 Å². The van der Waals surface area contributed by atoms with Crippen molar-refractivity contribution in [3.63, 3.8) is 0 Å². The Bertz CT molecular complexity index is 1070. The van der Waals surface area contributed by atoms with Gasteiger partial charge in [0.2, 0.25) is 5.90 Å². The third-order valence-corrected chi connectivity index (χ3v) is 4.39. The molecule has 1 aromatic heterocycles. The van der Waals surface area contributed by atoms with Gasteiger partial charge in [-0.25, -0.2) is 14.2 Å². The summed E-state index contributed by atoms with van der Waals surface area (Å²) in [5, 5.41) is -0.710. The highest BCUT2D eigenvalue weighted by atomic mass is 35.5. The fourth-order valence-corrected chi connectivity index (χ4v) is 2.76. The van der Waals surface area contributed by atoms with E-state index in [1.54, 1.807) is 6.92 Å². The fourth-order valence-electron chi connectivity index (χ4n) is 2.34. The van der Waals surface area contributed by atoms with Crippen LogP contribution in [0.25, 0.3) is 5.70 Å². The number of halogens is 5. The van der Waals surface area contributed by atoms with E-state index in [1.807, 2.05) is 0 Å². The molecule has 0 atom stereocenters. The van der Waals surface area contributed by atoms with E-state index < -0.39 is 41.6 Å². The number of nitrogens with zero attached hydrogens (tertiary/aromatic N) is 2. The molecule has 0 spiro atoms. The van der Waals surface area contributed by atoms with Gasteiger partial charge in [-0.1, -0.05) is 23.2 Å². The number of hydrogen-bond acceptors (Lipinski definition) is 8. The van der Waals surface area contributed by atoms with Crippen LogP contribution in [0.2, 0.25) is 5.02 Å². The van der Waals surface area contributed by atoms with Crippen LogP contribution in [-0.2, 0) is 14.3 Å². The first-order chi connectivity index (χ1) is 15.7. The van der Waals surface area contributed by atoms with Gasteiger partial charge in [0.1, 0.15) is 16.6 Å². The van der Waals surface area contributed by atoms with Gasteiger partial charge in [0, 0.05) is 18.8 Å². The van der Waals surface area contributed by atoms with Gasteiger partial charge >= 0.3 is 12.6 Å². The number of pyridine rings is 1. The predicted molar refractivity (Wildman–Crippen MR) is 115 cm³/mol. The lowest BCUT2D eigenvalue weighted by Gasteiger charge is -2.14. The van der Waals surface area contributed by atoms with Gasteiger partial charge in [0.25, 0.3) is 5.88 Å². The zero-order valence-corrected chi connectivity index (χ0v) is 18.8. The molecule has 1 aromatic carbocycles. The second kappa shape index (κ2) is 12.2. The third-order valence-electron chi connectivity index (χ3n) is 3.73. The normalized spacial score (nSPS) is 12.3. The van der Waals surface area contributed by atoms with Crippen LogP contribution in [0.5, 0.6) is 17.4 Å². The number of carbonyl (C=O) groups is 1. The van der Waals surface area contributed by atoms with E-state index in [-0.39, 0.29) is 34.6 Å². The van der Waals surface area contributed by atoms with Crippen molar-refractivity contribution >= 4 is 40.8 Å². The molecular weight excluding hydrogens is 490 g/mol. The first-order valence-corrected chi connectivity index (χ1v) is 9.91. The minimum atomic E-state index is -3.22. The smallest absolute Gasteiger partial charge is 0.388 e. The van der Waals surface area contributed by atoms with Crippen molar-refractivity contribution < 1.29 is 36.9 Å². The standard InChI is InChI=1S/C20H18Cl2F3N3O5/c1-3-30-15(29)9-31-18-13(5-4-6-28-18)32-14-7-10(12(23)8-11(14)21)17(26)16(22)19(27-2)33-20(24)25/h4-8,20H,3,9,26H2,1-2H3/b17-16+,27-19?. The zero-order chi connectivity index (χ0) is 24.5. The Morgan fingerprint density at radius 2 is 2.03 bits per heavy atom. The van der Waals surface area contributed by atoms with Gasteiger partial charge in [-0.15, -0.1) is 0 Å². The summed E-state index contributed by atoms with van der Waals surface area (Å²) in [4.78, 5) is 19.0. The molecule has 0 radical (unpaired) electrons. The Balaban J connectivity index is 2.39. The summed E-state index contributed by atoms with van der Waals surface area (Å²) in [6.45, 7) is -1.84. The molecule has 2 rings (SSSR count). The lowest BCUT2D eigenvalue weighted by molar-refractivity contribution is -0.145. The quantitative estimate of drug-likeness (QED) is 0.296. The summed E-state index contributed by atoms with van der Waals surface area (Å²) >= 11 is 12.1. The molecule has 0 amide bonds. The Kier molecular flexibility index (Phi) is 9.61. The van der Waals surface area contributed by atoms with Crippen molar-refractivity contribution in [3.8, 4) is 17.4 Å². The second-order valence-electron chi connectivity index (χ2n) is 5.90. The van der Waals surface area contributed by atoms with Gasteiger partial charge in [-0.2, -0.15) is 8.78 Å². The van der Waals surface area contributed by atoms with E-state index in [9.17, 15) is 18.0 Å². The van der Waals surface area contributed by atoms with E-state index in [2.05, 4.69) is 14.7 Å². The number of alkyl halides is 2. The maximum atomic E-state index is 14.5. The number of esters is 1. The molecule has 0 fully saturated rings. The van der Waals surface area contributed by atoms with Gasteiger partial charge in [0.05, 0.1) is 17.3 Å². The largest absolute Gasteiger partial charge is 0.463 e. The number of benzene rings is 1. The molecule has 2 aromatic rings. The van der Waals surface area contributed by atoms with Crippen LogP contribution in [0, 0.1) is 5.82 Å². The minimum absolute atomic E-state index is 0.0340. The topological polar surface area (TPSA) is 105 Å². The Labute approximate surface area is 196 Å². The van der Waals surface area contributed by atoms with Gasteiger partial charge < -0.3 is 24.7 Å². The molecule has 178 valence electrons. The van der Waals surface area contributed by atoms with E-state index in [4.69, 9.17) is 43.1 Å². The number of nitrogens with two attached hydrogens (primary N) is 1. The van der Waals surface area contributed by atoms with Crippen molar-refractivity contribution in [2.45, 2.75) is 13.5 Å². The van der Waals surface area contributed by atoms with E-state index in [0.29, 0.717) is 0 Å². The van der Waals surface area contributed by atoms with Crippen LogP contribution in [0.15, 0.2) is 40.5 Å². The highest BCUT2D eigenvalue weighted by Crippen LogP contribution is 2.37. The average Bonchev–Trinajstić information content (AvgIpc) is 2.77. The maximum Gasteiger partial charge on any atom is 0.388 e. The number of carbonyl (C=O) groups excluding carboxylic acids is 1. The maximum absolute atomic E-state index is 14.5. The Morgan fingerprint density at radius 1 is 1.30 bits per heavy atom. The Hall–Kier alpha value is -3.18. The summed E-state index contributed by atoms with van der Waals surface area (Å²) in [5.74, 6) is -2.36. The van der Waals surface area contributed by atoms with Gasteiger partial charge in [0.15, 0.2) is 12.4 Å². The molecule has 33 heavy (non-hydrogen) atoms. The predicted octanol–water partition coefficient (Wildman–Crippen LogP) is 4.74. The van der Waals surface area contributed by atoms with Crippen LogP contribution < -0.4 is 15.2 Å². The lowest BCUT2D eigenvalue weighted by Crippen LogP contribution is -2.15. The fraction of sp³-hybridized carbons (Fsp3) is 0.250. The molecule has 0 saturated carbocycles. The summed E-state index contributed by atoms with van der Waals surface area (Å²) in [6, 6.07) is 4.95. The van der Waals surface area contributed by atoms with E-state index in [1.165, 1.54) is 18.3 Å². The first-order valence-electron chi connectivity index (χ1n) is 9.15. The van der Waals surface area contributed by atoms with Gasteiger partial charge in [-0.05, 0) is 31.2 Å². The zero-order valence-electron chi connectivity index (χ0n) is 17.3. The molecule has 1 heterocycles. The monoisotopic (exact) mass is 507 g/mol. The highest BCUT2D eigenvalue weighted by Gasteiger charge is 2.21. The first kappa shape index (κ1) is 26.1. The minimum Gasteiger partial charge on any atom is -0.463 e.